The van der Waals surface area contributed by atoms with Crippen LogP contribution in [0.25, 0.3) is 5.57 Å². The van der Waals surface area contributed by atoms with Gasteiger partial charge in [0.05, 0.1) is 0 Å². The van der Waals surface area contributed by atoms with Crippen LogP contribution in [0.15, 0.2) is 66.9 Å². The van der Waals surface area contributed by atoms with E-state index in [2.05, 4.69) is 45.5 Å². The summed E-state index contributed by atoms with van der Waals surface area (Å²) in [6.45, 7) is 18.1. The summed E-state index contributed by atoms with van der Waals surface area (Å²) in [7, 11) is 0. The van der Waals surface area contributed by atoms with E-state index in [4.69, 9.17) is 4.74 Å². The summed E-state index contributed by atoms with van der Waals surface area (Å²) in [6, 6.07) is 15.8. The monoisotopic (exact) mass is 378 g/mol. The Hall–Kier alpha value is -2.61. The molecule has 150 valence electrons. The number of carbonyl (C=O) groups is 1. The molecule has 0 bridgehead atoms. The van der Waals surface area contributed by atoms with E-state index in [9.17, 15) is 4.79 Å². The van der Waals surface area contributed by atoms with Gasteiger partial charge in [0.2, 0.25) is 0 Å². The molecule has 2 nitrogen and oxygen atoms in total. The molecule has 0 saturated heterocycles. The van der Waals surface area contributed by atoms with Crippen molar-refractivity contribution in [2.24, 2.45) is 5.92 Å². The van der Waals surface area contributed by atoms with Gasteiger partial charge in [-0.2, -0.15) is 0 Å². The van der Waals surface area contributed by atoms with Crippen LogP contribution in [-0.2, 0) is 0 Å². The molecule has 1 heterocycles. The Balaban J connectivity index is 0.000000268. The summed E-state index contributed by atoms with van der Waals surface area (Å²) in [4.78, 5) is 11.3. The molecule has 0 unspecified atom stereocenters. The van der Waals surface area contributed by atoms with Crippen LogP contribution < -0.4 is 4.74 Å². The second-order valence-corrected chi connectivity index (χ2v) is 7.19. The summed E-state index contributed by atoms with van der Waals surface area (Å²) in [5.41, 5.74) is 4.50. The smallest absolute Gasteiger partial charge is 0.165 e. The Bertz CT molecular complexity index is 812. The lowest BCUT2D eigenvalue weighted by molar-refractivity contribution is 0.0939. The van der Waals surface area contributed by atoms with Crippen LogP contribution in [0.5, 0.6) is 5.75 Å². The molecule has 0 atom stereocenters. The van der Waals surface area contributed by atoms with Crippen LogP contribution in [0.1, 0.15) is 75.9 Å². The SMILES string of the molecule is C=C1C=C(C)c2ccc(C(C)C)cc2O1.CC.CC(C)C(=O)c1ccccc1. The highest BCUT2D eigenvalue weighted by molar-refractivity contribution is 5.97. The van der Waals surface area contributed by atoms with Gasteiger partial charge in [0.1, 0.15) is 11.5 Å². The Morgan fingerprint density at radius 3 is 2.11 bits per heavy atom. The van der Waals surface area contributed by atoms with Gasteiger partial charge in [0.25, 0.3) is 0 Å². The first-order chi connectivity index (χ1) is 13.3. The predicted octanol–water partition coefficient (Wildman–Crippen LogP) is 7.67. The first kappa shape index (κ1) is 23.4. The van der Waals surface area contributed by atoms with Crippen molar-refractivity contribution in [3.8, 4) is 5.75 Å². The third kappa shape index (κ3) is 6.53. The van der Waals surface area contributed by atoms with Gasteiger partial charge in [-0.25, -0.2) is 0 Å². The highest BCUT2D eigenvalue weighted by atomic mass is 16.5. The second-order valence-electron chi connectivity index (χ2n) is 7.19. The number of carbonyl (C=O) groups excluding carboxylic acids is 1. The Labute approximate surface area is 170 Å². The third-order valence-corrected chi connectivity index (χ3v) is 4.30. The van der Waals surface area contributed by atoms with Crippen molar-refractivity contribution in [3.05, 3.63) is 83.6 Å². The van der Waals surface area contributed by atoms with Crippen molar-refractivity contribution in [2.75, 3.05) is 0 Å². The van der Waals surface area contributed by atoms with Crippen molar-refractivity contribution >= 4 is 11.4 Å². The van der Waals surface area contributed by atoms with Gasteiger partial charge in [-0.3, -0.25) is 4.79 Å². The zero-order chi connectivity index (χ0) is 21.3. The fourth-order valence-electron chi connectivity index (χ4n) is 2.73. The number of ether oxygens (including phenoxy) is 1. The molecule has 0 N–H and O–H groups in total. The van der Waals surface area contributed by atoms with E-state index in [1.165, 1.54) is 16.7 Å². The maximum atomic E-state index is 11.3. The zero-order valence-corrected chi connectivity index (χ0v) is 18.4. The maximum absolute atomic E-state index is 11.3. The van der Waals surface area contributed by atoms with Crippen molar-refractivity contribution in [1.29, 1.82) is 0 Å². The molecule has 0 amide bonds. The molecule has 0 aliphatic carbocycles. The van der Waals surface area contributed by atoms with Crippen molar-refractivity contribution < 1.29 is 9.53 Å². The minimum absolute atomic E-state index is 0.0948. The average molecular weight is 379 g/mol. The van der Waals surface area contributed by atoms with Crippen LogP contribution in [0.2, 0.25) is 0 Å². The third-order valence-electron chi connectivity index (χ3n) is 4.30. The van der Waals surface area contributed by atoms with E-state index in [1.807, 2.05) is 64.1 Å². The number of allylic oxidation sites excluding steroid dienone is 2. The normalized spacial score (nSPS) is 12.0. The van der Waals surface area contributed by atoms with Gasteiger partial charge in [-0.05, 0) is 36.1 Å². The Kier molecular flexibility index (Phi) is 9.44. The molecule has 3 rings (SSSR count). The number of Topliss-reactive ketones (excluding diaryl/α,β-unsaturated/α-hetero) is 1. The quantitative estimate of drug-likeness (QED) is 0.512. The van der Waals surface area contributed by atoms with E-state index < -0.39 is 0 Å². The number of hydrogen-bond donors (Lipinski definition) is 0. The van der Waals surface area contributed by atoms with E-state index in [0.29, 0.717) is 5.92 Å². The Morgan fingerprint density at radius 2 is 1.57 bits per heavy atom. The van der Waals surface area contributed by atoms with Crippen LogP contribution in [0, 0.1) is 5.92 Å². The zero-order valence-electron chi connectivity index (χ0n) is 18.4. The van der Waals surface area contributed by atoms with Gasteiger partial charge in [0, 0.05) is 17.0 Å². The van der Waals surface area contributed by atoms with Crippen molar-refractivity contribution in [1.82, 2.24) is 0 Å². The largest absolute Gasteiger partial charge is 0.457 e. The first-order valence-electron chi connectivity index (χ1n) is 10.1. The van der Waals surface area contributed by atoms with Gasteiger partial charge in [-0.1, -0.05) is 90.6 Å². The molecule has 1 aliphatic rings. The molecule has 0 fully saturated rings. The summed E-state index contributed by atoms with van der Waals surface area (Å²) < 4.78 is 5.62. The fourth-order valence-corrected chi connectivity index (χ4v) is 2.73. The van der Waals surface area contributed by atoms with Gasteiger partial charge in [0.15, 0.2) is 5.78 Å². The predicted molar refractivity (Wildman–Crippen MR) is 121 cm³/mol. The van der Waals surface area contributed by atoms with E-state index in [1.54, 1.807) is 0 Å². The molecular formula is C26H34O2. The van der Waals surface area contributed by atoms with E-state index >= 15 is 0 Å². The standard InChI is InChI=1S/C14H16O.C10H12O.C2H6/c1-9(2)12-5-6-13-10(3)7-11(4)15-14(13)8-12;1-8(2)10(11)9-6-4-3-5-7-9;1-2/h5-9H,4H2,1-3H3;3-8H,1-2H3;1-2H3. The molecule has 2 aromatic rings. The number of fused-ring (bicyclic) bond motifs is 1. The van der Waals surface area contributed by atoms with Gasteiger partial charge >= 0.3 is 0 Å². The van der Waals surface area contributed by atoms with Crippen molar-refractivity contribution in [3.63, 3.8) is 0 Å². The molecule has 0 aromatic heterocycles. The molecule has 2 heteroatoms. The molecule has 2 aromatic carbocycles. The molecule has 0 saturated carbocycles. The fraction of sp³-hybridized carbons (Fsp3) is 0.346. The highest BCUT2D eigenvalue weighted by Crippen LogP contribution is 2.34. The average Bonchev–Trinajstić information content (AvgIpc) is 2.69. The lowest BCUT2D eigenvalue weighted by atomic mass is 9.97. The molecule has 0 radical (unpaired) electrons. The minimum Gasteiger partial charge on any atom is -0.457 e. The maximum Gasteiger partial charge on any atom is 0.165 e. The minimum atomic E-state index is 0.0948. The van der Waals surface area contributed by atoms with Gasteiger partial charge < -0.3 is 4.74 Å². The lowest BCUT2D eigenvalue weighted by Crippen LogP contribution is -2.06. The van der Waals surface area contributed by atoms with E-state index in [0.717, 1.165) is 17.1 Å². The lowest BCUT2D eigenvalue weighted by Gasteiger charge is -2.19. The van der Waals surface area contributed by atoms with Gasteiger partial charge in [-0.15, -0.1) is 0 Å². The number of benzene rings is 2. The first-order valence-corrected chi connectivity index (χ1v) is 10.1. The molecule has 1 aliphatic heterocycles. The topological polar surface area (TPSA) is 26.3 Å². The molecule has 28 heavy (non-hydrogen) atoms. The number of rotatable bonds is 3. The van der Waals surface area contributed by atoms with E-state index in [-0.39, 0.29) is 11.7 Å². The molecular weight excluding hydrogens is 344 g/mol. The Morgan fingerprint density at radius 1 is 0.964 bits per heavy atom. The number of ketones is 1. The summed E-state index contributed by atoms with van der Waals surface area (Å²) in [5, 5.41) is 0. The van der Waals surface area contributed by atoms with Crippen LogP contribution in [0.3, 0.4) is 0 Å². The molecule has 0 spiro atoms. The number of hydrogen-bond acceptors (Lipinski definition) is 2. The summed E-state index contributed by atoms with van der Waals surface area (Å²) in [5.74, 6) is 2.49. The van der Waals surface area contributed by atoms with Crippen LogP contribution in [0.4, 0.5) is 0 Å². The van der Waals surface area contributed by atoms with Crippen molar-refractivity contribution in [2.45, 2.75) is 54.4 Å². The highest BCUT2D eigenvalue weighted by Gasteiger charge is 2.14. The van der Waals surface area contributed by atoms with Crippen LogP contribution in [-0.4, -0.2) is 5.78 Å². The summed E-state index contributed by atoms with van der Waals surface area (Å²) in [6.07, 6.45) is 1.97. The summed E-state index contributed by atoms with van der Waals surface area (Å²) >= 11 is 0. The second kappa shape index (κ2) is 11.3. The van der Waals surface area contributed by atoms with Crippen LogP contribution >= 0.6 is 0 Å².